The molecule has 2 bridgehead atoms. The van der Waals surface area contributed by atoms with Gasteiger partial charge in [-0.2, -0.15) is 0 Å². The lowest BCUT2D eigenvalue weighted by atomic mass is 9.95. The average molecular weight is 360 g/mol. The second-order valence-corrected chi connectivity index (χ2v) is 7.64. The monoisotopic (exact) mass is 360 g/mol. The number of fused-ring (bicyclic) bond motifs is 4. The molecule has 27 heavy (non-hydrogen) atoms. The van der Waals surface area contributed by atoms with Gasteiger partial charge >= 0.3 is 0 Å². The average Bonchev–Trinajstić information content (AvgIpc) is 3.35. The molecule has 3 aromatic rings. The number of nitrogens with one attached hydrogen (secondary N) is 2. The molecule has 7 heteroatoms. The van der Waals surface area contributed by atoms with Crippen LogP contribution in [0.2, 0.25) is 0 Å². The standard InChI is InChI=1S/C20H20N6O/c1-2-4-18-16(3-1)26(15-10-13-6-7-14(11-15)21-13)17-8-5-12(9-19(17)27-18)20-22-24-25-23-20/h1-5,8-9,13-15,21H,6-7,10-11H2,(H,22,23,24,25). The number of piperidine rings is 1. The predicted octanol–water partition coefficient (Wildman–Crippen LogP) is 3.39. The van der Waals surface area contributed by atoms with Gasteiger partial charge in [-0.15, -0.1) is 5.10 Å². The lowest BCUT2D eigenvalue weighted by Gasteiger charge is -2.42. The molecule has 6 rings (SSSR count). The molecular weight excluding hydrogens is 340 g/mol. The van der Waals surface area contributed by atoms with Crippen molar-refractivity contribution < 1.29 is 4.74 Å². The van der Waals surface area contributed by atoms with Crippen molar-refractivity contribution in [3.05, 3.63) is 42.5 Å². The van der Waals surface area contributed by atoms with E-state index in [0.29, 0.717) is 23.9 Å². The fraction of sp³-hybridized carbons (Fsp3) is 0.350. The maximum atomic E-state index is 6.27. The molecule has 2 N–H and O–H groups in total. The first-order valence-electron chi connectivity index (χ1n) is 9.55. The molecule has 0 saturated carbocycles. The van der Waals surface area contributed by atoms with Gasteiger partial charge in [0.15, 0.2) is 17.3 Å². The molecule has 3 aliphatic heterocycles. The number of aromatic amines is 1. The van der Waals surface area contributed by atoms with Crippen LogP contribution >= 0.6 is 0 Å². The Bertz CT molecular complexity index is 976. The second kappa shape index (κ2) is 5.79. The van der Waals surface area contributed by atoms with Crippen molar-refractivity contribution >= 4 is 11.4 Å². The van der Waals surface area contributed by atoms with Gasteiger partial charge in [-0.25, -0.2) is 5.10 Å². The summed E-state index contributed by atoms with van der Waals surface area (Å²) in [4.78, 5) is 2.49. The third kappa shape index (κ3) is 2.42. The van der Waals surface area contributed by atoms with Crippen LogP contribution in [0.25, 0.3) is 11.4 Å². The van der Waals surface area contributed by atoms with Crippen molar-refractivity contribution in [3.63, 3.8) is 0 Å². The zero-order valence-electron chi connectivity index (χ0n) is 14.8. The van der Waals surface area contributed by atoms with Crippen molar-refractivity contribution in [1.82, 2.24) is 25.9 Å². The number of benzene rings is 2. The summed E-state index contributed by atoms with van der Waals surface area (Å²) in [7, 11) is 0. The Morgan fingerprint density at radius 2 is 1.78 bits per heavy atom. The highest BCUT2D eigenvalue weighted by Crippen LogP contribution is 2.50. The van der Waals surface area contributed by atoms with Gasteiger partial charge in [0, 0.05) is 23.7 Å². The predicted molar refractivity (Wildman–Crippen MR) is 101 cm³/mol. The normalized spacial score (nSPS) is 25.6. The molecule has 0 radical (unpaired) electrons. The van der Waals surface area contributed by atoms with Crippen LogP contribution in [0.5, 0.6) is 11.5 Å². The molecule has 4 heterocycles. The fourth-order valence-electron chi connectivity index (χ4n) is 4.85. The van der Waals surface area contributed by atoms with Crippen LogP contribution in [-0.2, 0) is 0 Å². The number of tetrazole rings is 1. The SMILES string of the molecule is c1ccc2c(c1)Oc1cc(-c3nnn[nH]3)ccc1N2C1CC2CCC(C1)N2. The zero-order chi connectivity index (χ0) is 17.8. The number of nitrogens with zero attached hydrogens (tertiary/aromatic N) is 4. The maximum Gasteiger partial charge on any atom is 0.179 e. The first-order valence-corrected chi connectivity index (χ1v) is 9.55. The van der Waals surface area contributed by atoms with Gasteiger partial charge in [-0.3, -0.25) is 0 Å². The van der Waals surface area contributed by atoms with Gasteiger partial charge < -0.3 is 15.0 Å². The van der Waals surface area contributed by atoms with Crippen molar-refractivity contribution in [2.75, 3.05) is 4.90 Å². The summed E-state index contributed by atoms with van der Waals surface area (Å²) < 4.78 is 6.27. The lowest BCUT2D eigenvalue weighted by Crippen LogP contribution is -2.47. The van der Waals surface area contributed by atoms with Crippen LogP contribution in [-0.4, -0.2) is 38.7 Å². The number of H-pyrrole nitrogens is 1. The molecule has 2 aromatic carbocycles. The van der Waals surface area contributed by atoms with E-state index in [0.717, 1.165) is 41.3 Å². The van der Waals surface area contributed by atoms with Crippen molar-refractivity contribution in [2.45, 2.75) is 43.8 Å². The molecule has 1 aromatic heterocycles. The number of rotatable bonds is 2. The molecule has 2 fully saturated rings. The third-order valence-corrected chi connectivity index (χ3v) is 6.00. The van der Waals surface area contributed by atoms with Crippen molar-refractivity contribution in [1.29, 1.82) is 0 Å². The van der Waals surface area contributed by atoms with E-state index in [-0.39, 0.29) is 0 Å². The minimum atomic E-state index is 0.477. The topological polar surface area (TPSA) is 79.0 Å². The Morgan fingerprint density at radius 1 is 0.963 bits per heavy atom. The summed E-state index contributed by atoms with van der Waals surface area (Å²) in [5.74, 6) is 2.41. The van der Waals surface area contributed by atoms with E-state index in [4.69, 9.17) is 4.74 Å². The molecule has 2 unspecified atom stereocenters. The summed E-state index contributed by atoms with van der Waals surface area (Å²) in [5, 5.41) is 18.0. The minimum Gasteiger partial charge on any atom is -0.453 e. The number of hydrogen-bond donors (Lipinski definition) is 2. The molecule has 136 valence electrons. The molecular formula is C20H20N6O. The smallest absolute Gasteiger partial charge is 0.179 e. The van der Waals surface area contributed by atoms with Crippen LogP contribution < -0.4 is 15.0 Å². The molecule has 7 nitrogen and oxygen atoms in total. The molecule has 0 spiro atoms. The van der Waals surface area contributed by atoms with Crippen LogP contribution in [0.3, 0.4) is 0 Å². The van der Waals surface area contributed by atoms with Crippen molar-refractivity contribution in [3.8, 4) is 22.9 Å². The highest BCUT2D eigenvalue weighted by molar-refractivity contribution is 5.80. The first-order chi connectivity index (χ1) is 13.3. The summed E-state index contributed by atoms with van der Waals surface area (Å²) in [6.07, 6.45) is 4.91. The number of ether oxygens (including phenoxy) is 1. The zero-order valence-corrected chi connectivity index (χ0v) is 14.8. The summed E-state index contributed by atoms with van der Waals surface area (Å²) in [5.41, 5.74) is 3.20. The van der Waals surface area contributed by atoms with Gasteiger partial charge in [0.05, 0.1) is 11.4 Å². The minimum absolute atomic E-state index is 0.477. The van der Waals surface area contributed by atoms with E-state index in [9.17, 15) is 0 Å². The Hall–Kier alpha value is -2.93. The van der Waals surface area contributed by atoms with E-state index >= 15 is 0 Å². The van der Waals surface area contributed by atoms with E-state index in [2.05, 4.69) is 55.1 Å². The van der Waals surface area contributed by atoms with Gasteiger partial charge in [0.2, 0.25) is 0 Å². The molecule has 0 aliphatic carbocycles. The third-order valence-electron chi connectivity index (χ3n) is 6.00. The largest absolute Gasteiger partial charge is 0.453 e. The molecule has 2 atom stereocenters. The molecule has 2 saturated heterocycles. The quantitative estimate of drug-likeness (QED) is 0.729. The summed E-state index contributed by atoms with van der Waals surface area (Å²) in [6, 6.07) is 16.3. The van der Waals surface area contributed by atoms with Crippen LogP contribution in [0.4, 0.5) is 11.4 Å². The highest BCUT2D eigenvalue weighted by Gasteiger charge is 2.39. The van der Waals surface area contributed by atoms with Gasteiger partial charge in [-0.1, -0.05) is 12.1 Å². The number of hydrogen-bond acceptors (Lipinski definition) is 6. The van der Waals surface area contributed by atoms with Crippen LogP contribution in [0.15, 0.2) is 42.5 Å². The Balaban J connectivity index is 1.46. The number of anilines is 2. The number of para-hydroxylation sites is 2. The van der Waals surface area contributed by atoms with Crippen LogP contribution in [0.1, 0.15) is 25.7 Å². The van der Waals surface area contributed by atoms with E-state index in [1.807, 2.05) is 18.2 Å². The number of aromatic nitrogens is 4. The summed E-state index contributed by atoms with van der Waals surface area (Å²) >= 11 is 0. The fourth-order valence-corrected chi connectivity index (χ4v) is 4.85. The molecule has 3 aliphatic rings. The maximum absolute atomic E-state index is 6.27. The van der Waals surface area contributed by atoms with Crippen molar-refractivity contribution in [2.24, 2.45) is 0 Å². The van der Waals surface area contributed by atoms with Gasteiger partial charge in [-0.05, 0) is 66.4 Å². The van der Waals surface area contributed by atoms with Crippen LogP contribution in [0, 0.1) is 0 Å². The Labute approximate surface area is 156 Å². The van der Waals surface area contributed by atoms with Gasteiger partial charge in [0.25, 0.3) is 0 Å². The highest BCUT2D eigenvalue weighted by atomic mass is 16.5. The Kier molecular flexibility index (Phi) is 3.25. The van der Waals surface area contributed by atoms with E-state index in [1.165, 1.54) is 12.8 Å². The van der Waals surface area contributed by atoms with E-state index in [1.54, 1.807) is 0 Å². The van der Waals surface area contributed by atoms with E-state index < -0.39 is 0 Å². The molecule has 0 amide bonds. The summed E-state index contributed by atoms with van der Waals surface area (Å²) in [6.45, 7) is 0. The van der Waals surface area contributed by atoms with Gasteiger partial charge in [0.1, 0.15) is 0 Å². The Morgan fingerprint density at radius 3 is 2.59 bits per heavy atom. The second-order valence-electron chi connectivity index (χ2n) is 7.64. The lowest BCUT2D eigenvalue weighted by molar-refractivity contribution is 0.353. The first kappa shape index (κ1) is 15.2.